The van der Waals surface area contributed by atoms with Crippen LogP contribution < -0.4 is 9.50 Å². The van der Waals surface area contributed by atoms with Crippen molar-refractivity contribution in [2.24, 2.45) is 0 Å². The predicted molar refractivity (Wildman–Crippen MR) is 91.8 cm³/mol. The van der Waals surface area contributed by atoms with E-state index in [0.29, 0.717) is 30.6 Å². The number of phenols is 2. The van der Waals surface area contributed by atoms with E-state index in [9.17, 15) is 18.6 Å². The van der Waals surface area contributed by atoms with Gasteiger partial charge in [-0.2, -0.15) is 8.42 Å². The van der Waals surface area contributed by atoms with Gasteiger partial charge in [0.15, 0.2) is 11.5 Å². The second-order valence-corrected chi connectivity index (χ2v) is 7.11. The highest BCUT2D eigenvalue weighted by Gasteiger charge is 2.27. The van der Waals surface area contributed by atoms with E-state index in [1.54, 1.807) is 24.3 Å². The molecule has 0 bridgehead atoms. The number of hydrogen-bond acceptors (Lipinski definition) is 6. The molecule has 0 amide bonds. The topological polar surface area (TPSA) is 116 Å². The van der Waals surface area contributed by atoms with Crippen LogP contribution in [0.15, 0.2) is 30.3 Å². The Balaban J connectivity index is 2.16. The van der Waals surface area contributed by atoms with Gasteiger partial charge in [-0.05, 0) is 47.9 Å². The lowest BCUT2D eigenvalue weighted by Crippen LogP contribution is -2.20. The molecular formula is C16H16ClNO6S. The molecule has 134 valence electrons. The van der Waals surface area contributed by atoms with Crippen molar-refractivity contribution in [1.82, 2.24) is 5.32 Å². The number of fused-ring (bicyclic) bond motifs is 1. The summed E-state index contributed by atoms with van der Waals surface area (Å²) in [5.41, 5.74) is 2.22. The zero-order valence-corrected chi connectivity index (χ0v) is 14.5. The number of nitrogens with one attached hydrogen (secondary N) is 1. The van der Waals surface area contributed by atoms with Gasteiger partial charge < -0.3 is 19.7 Å². The number of aromatic hydroxyl groups is 2. The molecule has 1 atom stereocenters. The highest BCUT2D eigenvalue weighted by molar-refractivity contribution is 7.81. The average molecular weight is 386 g/mol. The molecule has 0 radical (unpaired) electrons. The molecule has 0 aromatic heterocycles. The van der Waals surface area contributed by atoms with Crippen LogP contribution in [-0.2, 0) is 16.8 Å². The minimum Gasteiger partial charge on any atom is -0.508 e. The van der Waals surface area contributed by atoms with Crippen molar-refractivity contribution in [2.45, 2.75) is 12.3 Å². The third-order valence-electron chi connectivity index (χ3n) is 4.11. The van der Waals surface area contributed by atoms with Crippen LogP contribution in [0.3, 0.4) is 0 Å². The summed E-state index contributed by atoms with van der Waals surface area (Å²) in [7, 11) is -4.81. The fourth-order valence-corrected chi connectivity index (χ4v) is 3.64. The quantitative estimate of drug-likeness (QED) is 0.598. The van der Waals surface area contributed by atoms with Gasteiger partial charge >= 0.3 is 10.4 Å². The molecule has 0 aliphatic carbocycles. The molecule has 0 spiro atoms. The molecule has 0 fully saturated rings. The number of benzene rings is 2. The zero-order valence-electron chi connectivity index (χ0n) is 12.9. The Morgan fingerprint density at radius 2 is 1.88 bits per heavy atom. The molecule has 1 aliphatic rings. The second kappa shape index (κ2) is 6.72. The fourth-order valence-electron chi connectivity index (χ4n) is 2.99. The van der Waals surface area contributed by atoms with Crippen molar-refractivity contribution >= 4 is 22.0 Å². The van der Waals surface area contributed by atoms with E-state index in [0.717, 1.165) is 5.56 Å². The van der Waals surface area contributed by atoms with Crippen LogP contribution in [0.4, 0.5) is 0 Å². The number of hydrogen-bond donors (Lipinski definition) is 4. The predicted octanol–water partition coefficient (Wildman–Crippen LogP) is 2.21. The molecule has 25 heavy (non-hydrogen) atoms. The van der Waals surface area contributed by atoms with Crippen LogP contribution in [0.5, 0.6) is 17.2 Å². The van der Waals surface area contributed by atoms with Crippen molar-refractivity contribution in [3.63, 3.8) is 0 Å². The minimum absolute atomic E-state index is 0.0105. The highest BCUT2D eigenvalue weighted by atomic mass is 35.5. The number of halogens is 1. The third kappa shape index (κ3) is 3.82. The normalized spacial score (nSPS) is 17.6. The van der Waals surface area contributed by atoms with Crippen molar-refractivity contribution < 1.29 is 27.4 Å². The van der Waals surface area contributed by atoms with Gasteiger partial charge in [0.2, 0.25) is 0 Å². The summed E-state index contributed by atoms with van der Waals surface area (Å²) in [5, 5.41) is 22.8. The van der Waals surface area contributed by atoms with E-state index in [2.05, 4.69) is 9.50 Å². The lowest BCUT2D eigenvalue weighted by atomic mass is 9.87. The maximum absolute atomic E-state index is 11.0. The van der Waals surface area contributed by atoms with Crippen LogP contribution in [0.25, 0.3) is 0 Å². The van der Waals surface area contributed by atoms with E-state index in [1.807, 2.05) is 0 Å². The molecular weight excluding hydrogens is 370 g/mol. The largest absolute Gasteiger partial charge is 0.508 e. The number of rotatable bonds is 3. The van der Waals surface area contributed by atoms with Gasteiger partial charge in [-0.1, -0.05) is 23.7 Å². The molecule has 0 saturated heterocycles. The Hall–Kier alpha value is -2.00. The Labute approximate surface area is 149 Å². The summed E-state index contributed by atoms with van der Waals surface area (Å²) in [4.78, 5) is 0. The molecule has 0 saturated carbocycles. The number of phenolic OH excluding ortho intramolecular Hbond substituents is 2. The SMILES string of the molecule is O=S(=O)(O)Oc1cc2c(c(Cl)c1O)CCNCC2c1ccc(O)cc1. The maximum atomic E-state index is 11.0. The van der Waals surface area contributed by atoms with Crippen LogP contribution >= 0.6 is 11.6 Å². The third-order valence-corrected chi connectivity index (χ3v) is 4.90. The summed E-state index contributed by atoms with van der Waals surface area (Å²) in [5.74, 6) is -1.05. The first-order valence-corrected chi connectivity index (χ1v) is 9.21. The van der Waals surface area contributed by atoms with Gasteiger partial charge in [-0.15, -0.1) is 0 Å². The molecule has 4 N–H and O–H groups in total. The molecule has 3 rings (SSSR count). The van der Waals surface area contributed by atoms with E-state index < -0.39 is 21.9 Å². The van der Waals surface area contributed by atoms with Gasteiger partial charge in [0.1, 0.15) is 5.75 Å². The summed E-state index contributed by atoms with van der Waals surface area (Å²) in [6.07, 6.45) is 0.530. The molecule has 7 nitrogen and oxygen atoms in total. The van der Waals surface area contributed by atoms with E-state index in [4.69, 9.17) is 16.2 Å². The first kappa shape index (κ1) is 17.8. The van der Waals surface area contributed by atoms with Crippen molar-refractivity contribution in [1.29, 1.82) is 0 Å². The summed E-state index contributed by atoms with van der Waals surface area (Å²) in [6, 6.07) is 7.98. The first-order chi connectivity index (χ1) is 11.8. The van der Waals surface area contributed by atoms with Gasteiger partial charge in [-0.3, -0.25) is 4.55 Å². The molecule has 1 heterocycles. The van der Waals surface area contributed by atoms with E-state index in [1.165, 1.54) is 6.07 Å². The average Bonchev–Trinajstić information content (AvgIpc) is 2.74. The lowest BCUT2D eigenvalue weighted by Gasteiger charge is -2.20. The van der Waals surface area contributed by atoms with Gasteiger partial charge in [0, 0.05) is 12.5 Å². The summed E-state index contributed by atoms with van der Waals surface area (Å²) >= 11 is 6.22. The van der Waals surface area contributed by atoms with Gasteiger partial charge in [-0.25, -0.2) is 0 Å². The molecule has 9 heteroatoms. The lowest BCUT2D eigenvalue weighted by molar-refractivity contribution is 0.370. The summed E-state index contributed by atoms with van der Waals surface area (Å²) < 4.78 is 35.4. The molecule has 2 aromatic rings. The van der Waals surface area contributed by atoms with Crippen LogP contribution in [0.1, 0.15) is 22.6 Å². The Bertz CT molecular complexity index is 898. The van der Waals surface area contributed by atoms with Crippen LogP contribution in [0.2, 0.25) is 5.02 Å². The Morgan fingerprint density at radius 3 is 2.52 bits per heavy atom. The summed E-state index contributed by atoms with van der Waals surface area (Å²) in [6.45, 7) is 1.17. The van der Waals surface area contributed by atoms with E-state index in [-0.39, 0.29) is 16.7 Å². The van der Waals surface area contributed by atoms with E-state index >= 15 is 0 Å². The molecule has 2 aromatic carbocycles. The second-order valence-electron chi connectivity index (χ2n) is 5.71. The Morgan fingerprint density at radius 1 is 1.20 bits per heavy atom. The smallest absolute Gasteiger partial charge is 0.446 e. The monoisotopic (exact) mass is 385 g/mol. The maximum Gasteiger partial charge on any atom is 0.446 e. The zero-order chi connectivity index (χ0) is 18.2. The van der Waals surface area contributed by atoms with Crippen molar-refractivity contribution in [3.8, 4) is 17.2 Å². The molecule has 1 unspecified atom stereocenters. The van der Waals surface area contributed by atoms with Gasteiger partial charge in [0.05, 0.1) is 5.02 Å². The van der Waals surface area contributed by atoms with Crippen molar-refractivity contribution in [3.05, 3.63) is 52.0 Å². The molecule has 1 aliphatic heterocycles. The fraction of sp³-hybridized carbons (Fsp3) is 0.250. The highest BCUT2D eigenvalue weighted by Crippen LogP contribution is 2.43. The standard InChI is InChI=1S/C16H16ClNO6S/c17-15-11-5-6-18-8-13(9-1-3-10(19)4-2-9)12(11)7-14(16(15)20)24-25(21,22)23/h1-4,7,13,18-20H,5-6,8H2,(H,21,22,23). The first-order valence-electron chi connectivity index (χ1n) is 7.47. The van der Waals surface area contributed by atoms with Crippen LogP contribution in [0, 0.1) is 0 Å². The van der Waals surface area contributed by atoms with Crippen molar-refractivity contribution in [2.75, 3.05) is 13.1 Å². The minimum atomic E-state index is -4.81. The Kier molecular flexibility index (Phi) is 4.79. The van der Waals surface area contributed by atoms with Gasteiger partial charge in [0.25, 0.3) is 0 Å². The van der Waals surface area contributed by atoms with Crippen LogP contribution in [-0.4, -0.2) is 36.3 Å².